The third kappa shape index (κ3) is 6.44. The fourth-order valence-electron chi connectivity index (χ4n) is 18.4. The molecule has 16 atom stereocenters. The maximum absolute atomic E-state index is 5.18. The van der Waals surface area contributed by atoms with Crippen molar-refractivity contribution < 1.29 is 0 Å². The normalized spacial score (nSPS) is 39.3. The lowest BCUT2D eigenvalue weighted by atomic mass is 9.57. The van der Waals surface area contributed by atoms with Crippen LogP contribution in [-0.2, 0) is 0 Å². The van der Waals surface area contributed by atoms with E-state index in [1.54, 1.807) is 0 Å². The van der Waals surface area contributed by atoms with Gasteiger partial charge >= 0.3 is 0 Å². The first-order valence-corrected chi connectivity index (χ1v) is 27.3. The quantitative estimate of drug-likeness (QED) is 0.174. The number of piperazine rings is 2. The number of piperidine rings is 2. The van der Waals surface area contributed by atoms with E-state index < -0.39 is 0 Å². The number of aromatic nitrogens is 3. The Labute approximate surface area is 398 Å². The molecule has 4 aromatic carbocycles. The minimum atomic E-state index is 0.488. The first-order valence-electron chi connectivity index (χ1n) is 27.3. The number of rotatable bonds is 5. The Morgan fingerprint density at radius 1 is 0.313 bits per heavy atom. The largest absolute Gasteiger partial charge is 0.362 e. The van der Waals surface area contributed by atoms with Crippen molar-refractivity contribution in [1.82, 2.24) is 24.8 Å². The molecule has 1 aromatic heterocycles. The second-order valence-corrected chi connectivity index (χ2v) is 23.6. The second-order valence-electron chi connectivity index (χ2n) is 23.6. The first kappa shape index (κ1) is 40.3. The number of nitrogens with zero attached hydrogens (tertiary/aromatic N) is 7. The SMILES string of the molecule is c1ccc(-c2nc(-c3ccccc3)nc(-c3ccc(N4C5CC6C7CC5N5C8CC(CCC8CC8CCCC4C85)CC4CCC5CC8CCCC(C8N7C5C4)N6c4ccccc4)cc3)n2)cc1. The Morgan fingerprint density at radius 2 is 0.746 bits per heavy atom. The summed E-state index contributed by atoms with van der Waals surface area (Å²) in [4.78, 5) is 28.4. The van der Waals surface area contributed by atoms with E-state index in [9.17, 15) is 0 Å². The van der Waals surface area contributed by atoms with Crippen LogP contribution in [0.15, 0.2) is 115 Å². The van der Waals surface area contributed by atoms with Crippen LogP contribution in [0.3, 0.4) is 0 Å². The van der Waals surface area contributed by atoms with Gasteiger partial charge in [-0.05, 0) is 155 Å². The summed E-state index contributed by atoms with van der Waals surface area (Å²) in [7, 11) is 0. The molecule has 344 valence electrons. The van der Waals surface area contributed by atoms with E-state index in [0.29, 0.717) is 48.3 Å². The van der Waals surface area contributed by atoms with E-state index in [2.05, 4.69) is 135 Å². The molecule has 0 N–H and O–H groups in total. The summed E-state index contributed by atoms with van der Waals surface area (Å²) < 4.78 is 0. The molecule has 16 unspecified atom stereocenters. The van der Waals surface area contributed by atoms with Gasteiger partial charge in [-0.2, -0.15) is 0 Å². The van der Waals surface area contributed by atoms with Crippen LogP contribution in [0.25, 0.3) is 34.2 Å². The summed E-state index contributed by atoms with van der Waals surface area (Å²) in [6.07, 6.45) is 24.4. The summed E-state index contributed by atoms with van der Waals surface area (Å²) in [5.74, 6) is 7.53. The number of anilines is 2. The highest BCUT2D eigenvalue weighted by molar-refractivity contribution is 5.68. The molecule has 15 rings (SSSR count). The first-order chi connectivity index (χ1) is 33.2. The monoisotopic (exact) mass is 888 g/mol. The minimum absolute atomic E-state index is 0.488. The molecule has 6 bridgehead atoms. The van der Waals surface area contributed by atoms with Gasteiger partial charge in [0.15, 0.2) is 17.5 Å². The Balaban J connectivity index is 0.871. The predicted molar refractivity (Wildman–Crippen MR) is 269 cm³/mol. The lowest BCUT2D eigenvalue weighted by Crippen LogP contribution is -2.83. The van der Waals surface area contributed by atoms with Gasteiger partial charge in [0.25, 0.3) is 0 Å². The van der Waals surface area contributed by atoms with Crippen LogP contribution in [0.4, 0.5) is 11.4 Å². The minimum Gasteiger partial charge on any atom is -0.362 e. The molecule has 5 aromatic rings. The Morgan fingerprint density at radius 3 is 1.24 bits per heavy atom. The fourth-order valence-corrected chi connectivity index (χ4v) is 18.4. The Hall–Kier alpha value is -4.59. The maximum atomic E-state index is 5.18. The third-order valence-electron chi connectivity index (χ3n) is 20.6. The van der Waals surface area contributed by atoms with E-state index in [-0.39, 0.29) is 0 Å². The van der Waals surface area contributed by atoms with Gasteiger partial charge in [-0.15, -0.1) is 0 Å². The average Bonchev–Trinajstić information content (AvgIpc) is 3.38. The topological polar surface area (TPSA) is 51.6 Å². The molecular weight excluding hydrogens is 819 g/mol. The zero-order valence-corrected chi connectivity index (χ0v) is 39.4. The van der Waals surface area contributed by atoms with Gasteiger partial charge in [0, 0.05) is 88.5 Å². The second kappa shape index (κ2) is 16.0. The summed E-state index contributed by atoms with van der Waals surface area (Å²) in [5.41, 5.74) is 6.03. The van der Waals surface area contributed by atoms with Crippen LogP contribution >= 0.6 is 0 Å². The Bertz CT molecular complexity index is 2530. The van der Waals surface area contributed by atoms with Crippen LogP contribution in [0.1, 0.15) is 109 Å². The summed E-state index contributed by atoms with van der Waals surface area (Å²) in [5, 5.41) is 0. The van der Waals surface area contributed by atoms with E-state index >= 15 is 0 Å². The number of benzene rings is 4. The van der Waals surface area contributed by atoms with Crippen molar-refractivity contribution in [3.63, 3.8) is 0 Å². The highest BCUT2D eigenvalue weighted by Gasteiger charge is 2.65. The average molecular weight is 888 g/mol. The van der Waals surface area contributed by atoms with Crippen LogP contribution in [-0.4, -0.2) is 85.2 Å². The zero-order chi connectivity index (χ0) is 43.7. The maximum Gasteiger partial charge on any atom is 0.164 e. The van der Waals surface area contributed by atoms with Crippen molar-refractivity contribution >= 4 is 11.4 Å². The van der Waals surface area contributed by atoms with Gasteiger partial charge in [-0.3, -0.25) is 9.80 Å². The molecule has 0 radical (unpaired) electrons. The van der Waals surface area contributed by atoms with Gasteiger partial charge in [0.1, 0.15) is 0 Å². The molecule has 10 fully saturated rings. The number of fused-ring (bicyclic) bond motifs is 2. The molecule has 5 saturated carbocycles. The molecule has 0 amide bonds. The Kier molecular flexibility index (Phi) is 9.62. The van der Waals surface area contributed by atoms with Crippen LogP contribution in [0, 0.1) is 35.5 Å². The molecule has 0 spiro atoms. The lowest BCUT2D eigenvalue weighted by Gasteiger charge is -2.72. The van der Waals surface area contributed by atoms with Crippen molar-refractivity contribution in [2.75, 3.05) is 9.80 Å². The standard InChI is InChI=1S/C60H69N7/c1-4-12-39(13-5-1)58-61-59(40-14-6-2-7-15-40)63-60(62-58)41-26-28-47(29-27-41)65-49-21-11-17-45-34-43-25-23-38-30-37-22-24-42-33-44-16-10-20-48-56(44)66(50(42)31-37)54-36-55(67(57(45)49)51(43)32-38)53(65)35-52(54)64(48)46-18-8-3-9-19-46/h1-9,12-15,18-19,26-29,37-38,42-45,48-57H,10-11,16-17,20-25,30-36H2. The fraction of sp³-hybridized carbons (Fsp3) is 0.550. The molecular formula is C60H69N7. The van der Waals surface area contributed by atoms with Crippen molar-refractivity contribution in [2.45, 2.75) is 170 Å². The van der Waals surface area contributed by atoms with Gasteiger partial charge in [0.05, 0.1) is 0 Å². The predicted octanol–water partition coefficient (Wildman–Crippen LogP) is 11.9. The molecule has 6 heterocycles. The van der Waals surface area contributed by atoms with E-state index in [0.717, 1.165) is 81.8 Å². The van der Waals surface area contributed by atoms with Crippen molar-refractivity contribution in [3.8, 4) is 34.2 Å². The van der Waals surface area contributed by atoms with Crippen molar-refractivity contribution in [1.29, 1.82) is 0 Å². The highest BCUT2D eigenvalue weighted by Crippen LogP contribution is 2.59. The summed E-state index contributed by atoms with van der Waals surface area (Å²) in [6, 6.07) is 48.8. The van der Waals surface area contributed by atoms with Gasteiger partial charge in [-0.1, -0.05) is 105 Å². The van der Waals surface area contributed by atoms with Crippen LogP contribution < -0.4 is 9.80 Å². The number of hydrogen-bond acceptors (Lipinski definition) is 7. The summed E-state index contributed by atoms with van der Waals surface area (Å²) in [6.45, 7) is 0. The number of para-hydroxylation sites is 1. The summed E-state index contributed by atoms with van der Waals surface area (Å²) >= 11 is 0. The van der Waals surface area contributed by atoms with Gasteiger partial charge in [-0.25, -0.2) is 15.0 Å². The molecule has 5 saturated heterocycles. The van der Waals surface area contributed by atoms with Crippen molar-refractivity contribution in [3.05, 3.63) is 115 Å². The molecule has 10 aliphatic rings. The van der Waals surface area contributed by atoms with Crippen molar-refractivity contribution in [2.24, 2.45) is 35.5 Å². The van der Waals surface area contributed by atoms with E-state index in [1.165, 1.54) is 121 Å². The lowest BCUT2D eigenvalue weighted by molar-refractivity contribution is -0.158. The smallest absolute Gasteiger partial charge is 0.164 e. The van der Waals surface area contributed by atoms with Gasteiger partial charge in [0.2, 0.25) is 0 Å². The molecule has 67 heavy (non-hydrogen) atoms. The van der Waals surface area contributed by atoms with Gasteiger partial charge < -0.3 is 9.80 Å². The van der Waals surface area contributed by atoms with E-state index in [4.69, 9.17) is 15.0 Å². The molecule has 7 nitrogen and oxygen atoms in total. The third-order valence-corrected chi connectivity index (χ3v) is 20.6. The molecule has 5 aliphatic heterocycles. The zero-order valence-electron chi connectivity index (χ0n) is 39.4. The van der Waals surface area contributed by atoms with Crippen LogP contribution in [0.5, 0.6) is 0 Å². The van der Waals surface area contributed by atoms with E-state index in [1.807, 2.05) is 0 Å². The van der Waals surface area contributed by atoms with Crippen LogP contribution in [0.2, 0.25) is 0 Å². The molecule has 5 aliphatic carbocycles. The molecule has 7 heteroatoms. The number of hydrogen-bond donors (Lipinski definition) is 0. The highest BCUT2D eigenvalue weighted by atomic mass is 15.4.